The molecule has 0 aromatic heterocycles. The van der Waals surface area contributed by atoms with Crippen molar-refractivity contribution >= 4 is 10.8 Å². The van der Waals surface area contributed by atoms with Crippen molar-refractivity contribution in [3.8, 4) is 5.75 Å². The van der Waals surface area contributed by atoms with Gasteiger partial charge in [-0.2, -0.15) is 0 Å². The molecule has 0 aliphatic heterocycles. The van der Waals surface area contributed by atoms with Crippen LogP contribution in [0.15, 0.2) is 42.5 Å². The van der Waals surface area contributed by atoms with Crippen LogP contribution in [0.1, 0.15) is 20.3 Å². The minimum atomic E-state index is -0.00894. The molecule has 0 aliphatic carbocycles. The number of rotatable bonds is 14. The van der Waals surface area contributed by atoms with E-state index in [2.05, 4.69) is 37.4 Å². The SMILES string of the molecule is COCCOCCCO[C@@H](CNC(C)C)COc1cccc2ccccc12. The Kier molecular flexibility index (Phi) is 10.2. The van der Waals surface area contributed by atoms with Crippen LogP contribution in [0.3, 0.4) is 0 Å². The lowest BCUT2D eigenvalue weighted by Gasteiger charge is -2.21. The minimum absolute atomic E-state index is 0.00894. The summed E-state index contributed by atoms with van der Waals surface area (Å²) in [5.74, 6) is 0.897. The van der Waals surface area contributed by atoms with Gasteiger partial charge in [0.05, 0.1) is 13.2 Å². The van der Waals surface area contributed by atoms with E-state index in [9.17, 15) is 0 Å². The molecule has 0 saturated heterocycles. The summed E-state index contributed by atoms with van der Waals surface area (Å²) in [6, 6.07) is 14.8. The molecule has 1 atom stereocenters. The van der Waals surface area contributed by atoms with Gasteiger partial charge in [0, 0.05) is 38.3 Å². The quantitative estimate of drug-likeness (QED) is 0.511. The summed E-state index contributed by atoms with van der Waals surface area (Å²) in [6.07, 6.45) is 0.848. The largest absolute Gasteiger partial charge is 0.490 e. The Morgan fingerprint density at radius 2 is 1.74 bits per heavy atom. The summed E-state index contributed by atoms with van der Waals surface area (Å²) >= 11 is 0. The molecular weight excluding hydrogens is 342 g/mol. The third-order valence-electron chi connectivity index (χ3n) is 4.15. The molecule has 0 radical (unpaired) electrons. The maximum absolute atomic E-state index is 6.11. The van der Waals surface area contributed by atoms with Gasteiger partial charge in [-0.3, -0.25) is 0 Å². The number of methoxy groups -OCH3 is 1. The first-order valence-electron chi connectivity index (χ1n) is 9.73. The minimum Gasteiger partial charge on any atom is -0.490 e. The summed E-state index contributed by atoms with van der Waals surface area (Å²) in [5, 5.41) is 5.74. The van der Waals surface area contributed by atoms with Crippen LogP contribution in [0.25, 0.3) is 10.8 Å². The molecule has 27 heavy (non-hydrogen) atoms. The number of ether oxygens (including phenoxy) is 4. The second kappa shape index (κ2) is 12.7. The Balaban J connectivity index is 1.82. The first-order valence-corrected chi connectivity index (χ1v) is 9.73. The number of fused-ring (bicyclic) bond motifs is 1. The zero-order valence-corrected chi connectivity index (χ0v) is 16.8. The van der Waals surface area contributed by atoms with Gasteiger partial charge in [0.15, 0.2) is 0 Å². The lowest BCUT2D eigenvalue weighted by atomic mass is 10.1. The molecule has 0 aliphatic rings. The average Bonchev–Trinajstić information content (AvgIpc) is 2.68. The van der Waals surface area contributed by atoms with E-state index in [0.717, 1.165) is 24.1 Å². The predicted octanol–water partition coefficient (Wildman–Crippen LogP) is 3.65. The van der Waals surface area contributed by atoms with Crippen LogP contribution in [0.2, 0.25) is 0 Å². The molecule has 2 aromatic rings. The Bertz CT molecular complexity index is 642. The number of hydrogen-bond donors (Lipinski definition) is 1. The van der Waals surface area contributed by atoms with Crippen LogP contribution in [0.4, 0.5) is 0 Å². The zero-order valence-electron chi connectivity index (χ0n) is 16.8. The fourth-order valence-corrected chi connectivity index (χ4v) is 2.69. The summed E-state index contributed by atoms with van der Waals surface area (Å²) in [6.45, 7) is 8.11. The molecule has 5 heteroatoms. The van der Waals surface area contributed by atoms with Gasteiger partial charge < -0.3 is 24.3 Å². The van der Waals surface area contributed by atoms with Gasteiger partial charge in [-0.15, -0.1) is 0 Å². The van der Waals surface area contributed by atoms with Gasteiger partial charge >= 0.3 is 0 Å². The molecule has 0 unspecified atom stereocenters. The van der Waals surface area contributed by atoms with E-state index in [1.165, 1.54) is 5.39 Å². The van der Waals surface area contributed by atoms with Crippen molar-refractivity contribution in [3.63, 3.8) is 0 Å². The number of nitrogens with one attached hydrogen (secondary N) is 1. The van der Waals surface area contributed by atoms with Crippen LogP contribution < -0.4 is 10.1 Å². The van der Waals surface area contributed by atoms with Crippen molar-refractivity contribution in [1.29, 1.82) is 0 Å². The van der Waals surface area contributed by atoms with E-state index in [-0.39, 0.29) is 6.10 Å². The Morgan fingerprint density at radius 1 is 0.926 bits per heavy atom. The Morgan fingerprint density at radius 3 is 2.56 bits per heavy atom. The van der Waals surface area contributed by atoms with Crippen molar-refractivity contribution in [1.82, 2.24) is 5.32 Å². The fraction of sp³-hybridized carbons (Fsp3) is 0.545. The lowest BCUT2D eigenvalue weighted by Crippen LogP contribution is -2.37. The van der Waals surface area contributed by atoms with Crippen LogP contribution in [-0.2, 0) is 14.2 Å². The fourth-order valence-electron chi connectivity index (χ4n) is 2.69. The van der Waals surface area contributed by atoms with Gasteiger partial charge in [0.1, 0.15) is 18.5 Å². The number of benzene rings is 2. The number of hydrogen-bond acceptors (Lipinski definition) is 5. The van der Waals surface area contributed by atoms with Gasteiger partial charge in [-0.05, 0) is 17.9 Å². The van der Waals surface area contributed by atoms with Crippen LogP contribution in [-0.4, -0.2) is 58.8 Å². The highest BCUT2D eigenvalue weighted by Crippen LogP contribution is 2.25. The van der Waals surface area contributed by atoms with Gasteiger partial charge in [-0.25, -0.2) is 0 Å². The van der Waals surface area contributed by atoms with Crippen molar-refractivity contribution < 1.29 is 18.9 Å². The van der Waals surface area contributed by atoms with Gasteiger partial charge in [0.25, 0.3) is 0 Å². The van der Waals surface area contributed by atoms with Crippen LogP contribution >= 0.6 is 0 Å². The lowest BCUT2D eigenvalue weighted by molar-refractivity contribution is 0.00342. The highest BCUT2D eigenvalue weighted by Gasteiger charge is 2.12. The van der Waals surface area contributed by atoms with Crippen molar-refractivity contribution in [3.05, 3.63) is 42.5 Å². The molecule has 0 spiro atoms. The molecule has 2 rings (SSSR count). The van der Waals surface area contributed by atoms with E-state index in [1.54, 1.807) is 7.11 Å². The standard InChI is InChI=1S/C22H33NO4/c1-18(2)23-16-20(26-13-7-12-25-15-14-24-3)17-27-22-11-6-9-19-8-4-5-10-21(19)22/h4-6,8-11,18,20,23H,7,12-17H2,1-3H3/t20-/m0/s1. The molecule has 0 saturated carbocycles. The van der Waals surface area contributed by atoms with Crippen molar-refractivity contribution in [2.24, 2.45) is 0 Å². The van der Waals surface area contributed by atoms with Crippen molar-refractivity contribution in [2.45, 2.75) is 32.4 Å². The summed E-state index contributed by atoms with van der Waals surface area (Å²) in [5.41, 5.74) is 0. The summed E-state index contributed by atoms with van der Waals surface area (Å²) < 4.78 is 22.6. The molecule has 0 bridgehead atoms. The van der Waals surface area contributed by atoms with Crippen LogP contribution in [0, 0.1) is 0 Å². The van der Waals surface area contributed by atoms with E-state index in [4.69, 9.17) is 18.9 Å². The molecular formula is C22H33NO4. The molecule has 2 aromatic carbocycles. The highest BCUT2D eigenvalue weighted by atomic mass is 16.5. The smallest absolute Gasteiger partial charge is 0.127 e. The summed E-state index contributed by atoms with van der Waals surface area (Å²) in [7, 11) is 1.68. The van der Waals surface area contributed by atoms with E-state index in [0.29, 0.717) is 39.1 Å². The monoisotopic (exact) mass is 375 g/mol. The zero-order chi connectivity index (χ0) is 19.3. The maximum Gasteiger partial charge on any atom is 0.127 e. The molecule has 150 valence electrons. The molecule has 1 N–H and O–H groups in total. The second-order valence-electron chi connectivity index (χ2n) is 6.80. The molecule has 0 heterocycles. The maximum atomic E-state index is 6.11. The first kappa shape index (κ1) is 21.6. The highest BCUT2D eigenvalue weighted by molar-refractivity contribution is 5.88. The van der Waals surface area contributed by atoms with Gasteiger partial charge in [0.2, 0.25) is 0 Å². The van der Waals surface area contributed by atoms with E-state index in [1.807, 2.05) is 24.3 Å². The third kappa shape index (κ3) is 8.26. The molecule has 0 amide bonds. The average molecular weight is 376 g/mol. The second-order valence-corrected chi connectivity index (χ2v) is 6.80. The normalized spacial score (nSPS) is 12.6. The first-order chi connectivity index (χ1) is 13.2. The van der Waals surface area contributed by atoms with E-state index < -0.39 is 0 Å². The topological polar surface area (TPSA) is 49.0 Å². The summed E-state index contributed by atoms with van der Waals surface area (Å²) in [4.78, 5) is 0. The Labute approximate surface area is 162 Å². The van der Waals surface area contributed by atoms with Crippen LogP contribution in [0.5, 0.6) is 5.75 Å². The third-order valence-corrected chi connectivity index (χ3v) is 4.15. The van der Waals surface area contributed by atoms with Crippen molar-refractivity contribution in [2.75, 3.05) is 46.7 Å². The molecule has 0 fully saturated rings. The predicted molar refractivity (Wildman–Crippen MR) is 110 cm³/mol. The van der Waals surface area contributed by atoms with Gasteiger partial charge in [-0.1, -0.05) is 50.2 Å². The Hall–Kier alpha value is -1.66. The van der Waals surface area contributed by atoms with E-state index >= 15 is 0 Å². The molecule has 5 nitrogen and oxygen atoms in total.